The lowest BCUT2D eigenvalue weighted by Gasteiger charge is -2.05. The number of rotatable bonds is 3. The van der Waals surface area contributed by atoms with E-state index in [4.69, 9.17) is 0 Å². The summed E-state index contributed by atoms with van der Waals surface area (Å²) in [5.74, 6) is 1.22. The number of aromatic nitrogens is 4. The van der Waals surface area contributed by atoms with Gasteiger partial charge in [-0.1, -0.05) is 0 Å². The number of aryl methyl sites for hydroxylation is 1. The maximum Gasteiger partial charge on any atom is 0.178 e. The Kier molecular flexibility index (Phi) is 3.34. The molecule has 3 N–H and O–H groups in total. The Hall–Kier alpha value is -3.16. The summed E-state index contributed by atoms with van der Waals surface area (Å²) in [5.41, 5.74) is 4.32. The minimum absolute atomic E-state index is 0.0105. The highest BCUT2D eigenvalue weighted by Gasteiger charge is 2.06. The lowest BCUT2D eigenvalue weighted by Crippen LogP contribution is -2.00. The maximum atomic E-state index is 9.91. The quantitative estimate of drug-likeness (QED) is 0.500. The van der Waals surface area contributed by atoms with Crippen molar-refractivity contribution in [3.63, 3.8) is 0 Å². The molecule has 0 unspecified atom stereocenters. The van der Waals surface area contributed by atoms with Gasteiger partial charge in [0.1, 0.15) is 11.5 Å². The number of phenols is 2. The number of fused-ring (bicyclic) bond motifs is 1. The second-order valence-corrected chi connectivity index (χ2v) is 4.75. The van der Waals surface area contributed by atoms with Crippen LogP contribution < -0.4 is 5.43 Å². The van der Waals surface area contributed by atoms with Crippen LogP contribution in [0.15, 0.2) is 29.4 Å². The summed E-state index contributed by atoms with van der Waals surface area (Å²) in [6.07, 6.45) is 1.45. The third-order valence-electron chi connectivity index (χ3n) is 3.24. The molecule has 0 aliphatic rings. The Morgan fingerprint density at radius 3 is 2.77 bits per heavy atom. The molecule has 0 saturated heterocycles. The van der Waals surface area contributed by atoms with Crippen molar-refractivity contribution in [2.45, 2.75) is 13.8 Å². The normalized spacial score (nSPS) is 11.4. The van der Waals surface area contributed by atoms with E-state index in [1.54, 1.807) is 36.6 Å². The zero-order chi connectivity index (χ0) is 15.7. The molecule has 0 spiro atoms. The first kappa shape index (κ1) is 13.8. The van der Waals surface area contributed by atoms with E-state index in [0.717, 1.165) is 0 Å². The van der Waals surface area contributed by atoms with E-state index in [9.17, 15) is 10.2 Å². The van der Waals surface area contributed by atoms with E-state index in [2.05, 4.69) is 25.8 Å². The van der Waals surface area contributed by atoms with Gasteiger partial charge in [0.2, 0.25) is 0 Å². The zero-order valence-corrected chi connectivity index (χ0v) is 12.0. The summed E-state index contributed by atoms with van der Waals surface area (Å²) in [5, 5.41) is 35.6. The van der Waals surface area contributed by atoms with Crippen molar-refractivity contribution in [2.24, 2.45) is 5.10 Å². The van der Waals surface area contributed by atoms with Crippen molar-refractivity contribution in [3.8, 4) is 11.5 Å². The summed E-state index contributed by atoms with van der Waals surface area (Å²) in [6.45, 7) is 3.43. The lowest BCUT2D eigenvalue weighted by molar-refractivity contribution is 0.443. The Morgan fingerprint density at radius 2 is 1.95 bits per heavy atom. The first-order valence-corrected chi connectivity index (χ1v) is 6.56. The number of phenolic OH excluding ortho intramolecular Hbond substituents is 2. The Balaban J connectivity index is 1.81. The second-order valence-electron chi connectivity index (χ2n) is 4.75. The first-order chi connectivity index (χ1) is 10.6. The molecule has 112 valence electrons. The molecule has 8 nitrogen and oxygen atoms in total. The third-order valence-corrected chi connectivity index (χ3v) is 3.24. The summed E-state index contributed by atoms with van der Waals surface area (Å²) < 4.78 is 1.60. The summed E-state index contributed by atoms with van der Waals surface area (Å²) in [4.78, 5) is 0. The van der Waals surface area contributed by atoms with Crippen LogP contribution in [-0.4, -0.2) is 36.2 Å². The molecular weight excluding hydrogens is 284 g/mol. The molecule has 0 radical (unpaired) electrons. The largest absolute Gasteiger partial charge is 0.508 e. The van der Waals surface area contributed by atoms with Crippen LogP contribution in [0.3, 0.4) is 0 Å². The Labute approximate surface area is 125 Å². The molecule has 3 rings (SSSR count). The van der Waals surface area contributed by atoms with Gasteiger partial charge in [-0.15, -0.1) is 15.3 Å². The van der Waals surface area contributed by atoms with Crippen LogP contribution in [0.25, 0.3) is 5.65 Å². The van der Waals surface area contributed by atoms with E-state index >= 15 is 0 Å². The Bertz CT molecular complexity index is 871. The van der Waals surface area contributed by atoms with E-state index in [-0.39, 0.29) is 11.5 Å². The molecule has 3 aromatic rings. The number of benzene rings is 1. The molecule has 2 aromatic heterocycles. The minimum atomic E-state index is -0.0105. The number of anilines is 1. The van der Waals surface area contributed by atoms with Crippen LogP contribution in [0.5, 0.6) is 11.5 Å². The zero-order valence-electron chi connectivity index (χ0n) is 12.0. The van der Waals surface area contributed by atoms with Gasteiger partial charge < -0.3 is 10.2 Å². The maximum absolute atomic E-state index is 9.91. The summed E-state index contributed by atoms with van der Waals surface area (Å²) >= 11 is 0. The number of aromatic hydroxyl groups is 2. The average molecular weight is 298 g/mol. The topological polar surface area (TPSA) is 108 Å². The van der Waals surface area contributed by atoms with Gasteiger partial charge in [-0.2, -0.15) is 9.62 Å². The molecule has 1 aromatic carbocycles. The van der Waals surface area contributed by atoms with Gasteiger partial charge in [0.05, 0.1) is 6.21 Å². The van der Waals surface area contributed by atoms with Gasteiger partial charge in [0.25, 0.3) is 0 Å². The third kappa shape index (κ3) is 2.41. The molecule has 0 fully saturated rings. The van der Waals surface area contributed by atoms with Gasteiger partial charge in [-0.05, 0) is 38.1 Å². The lowest BCUT2D eigenvalue weighted by atomic mass is 10.1. The number of hydrogen-bond acceptors (Lipinski definition) is 7. The van der Waals surface area contributed by atoms with Crippen molar-refractivity contribution in [1.29, 1.82) is 0 Å². The number of hydrazone groups is 1. The Morgan fingerprint density at radius 1 is 1.14 bits per heavy atom. The van der Waals surface area contributed by atoms with E-state index in [0.29, 0.717) is 28.4 Å². The second kappa shape index (κ2) is 5.32. The molecule has 22 heavy (non-hydrogen) atoms. The molecule has 0 amide bonds. The van der Waals surface area contributed by atoms with Crippen molar-refractivity contribution < 1.29 is 10.2 Å². The fraction of sp³-hybridized carbons (Fsp3) is 0.143. The fourth-order valence-corrected chi connectivity index (χ4v) is 1.94. The van der Waals surface area contributed by atoms with Crippen LogP contribution in [-0.2, 0) is 0 Å². The molecule has 0 aliphatic carbocycles. The summed E-state index contributed by atoms with van der Waals surface area (Å²) in [7, 11) is 0. The smallest absolute Gasteiger partial charge is 0.178 e. The highest BCUT2D eigenvalue weighted by molar-refractivity contribution is 5.85. The van der Waals surface area contributed by atoms with Gasteiger partial charge in [0.15, 0.2) is 17.3 Å². The highest BCUT2D eigenvalue weighted by atomic mass is 16.3. The standard InChI is InChI=1S/C14H14N6O2/c1-8-11(21)4-3-10(14(8)22)7-15-17-12-5-6-13-18-16-9(2)20(13)19-12/h3-7,21-22H,1-2H3,(H,17,19)/b15-7+. The predicted octanol–water partition coefficient (Wildman–Crippen LogP) is 1.60. The molecular formula is C14H14N6O2. The number of hydrogen-bond donors (Lipinski definition) is 3. The SMILES string of the molecule is Cc1c(O)ccc(/C=N/Nc2ccc3nnc(C)n3n2)c1O. The van der Waals surface area contributed by atoms with Gasteiger partial charge in [-0.25, -0.2) is 0 Å². The van der Waals surface area contributed by atoms with Crippen molar-refractivity contribution in [3.05, 3.63) is 41.2 Å². The predicted molar refractivity (Wildman–Crippen MR) is 81.2 cm³/mol. The van der Waals surface area contributed by atoms with Crippen LogP contribution in [0.1, 0.15) is 17.0 Å². The van der Waals surface area contributed by atoms with E-state index in [1.165, 1.54) is 12.3 Å². The molecule has 0 aliphatic heterocycles. The summed E-state index contributed by atoms with van der Waals surface area (Å²) in [6, 6.07) is 6.57. The van der Waals surface area contributed by atoms with Crippen LogP contribution >= 0.6 is 0 Å². The van der Waals surface area contributed by atoms with Gasteiger partial charge in [-0.3, -0.25) is 5.43 Å². The van der Waals surface area contributed by atoms with Crippen LogP contribution in [0.2, 0.25) is 0 Å². The van der Waals surface area contributed by atoms with Crippen LogP contribution in [0.4, 0.5) is 5.82 Å². The van der Waals surface area contributed by atoms with Crippen molar-refractivity contribution in [1.82, 2.24) is 19.8 Å². The van der Waals surface area contributed by atoms with Crippen LogP contribution in [0, 0.1) is 13.8 Å². The number of nitrogens with zero attached hydrogens (tertiary/aromatic N) is 5. The molecule has 0 saturated carbocycles. The molecule has 8 heteroatoms. The molecule has 2 heterocycles. The fourth-order valence-electron chi connectivity index (χ4n) is 1.94. The average Bonchev–Trinajstić information content (AvgIpc) is 2.88. The first-order valence-electron chi connectivity index (χ1n) is 6.56. The minimum Gasteiger partial charge on any atom is -0.508 e. The highest BCUT2D eigenvalue weighted by Crippen LogP contribution is 2.28. The van der Waals surface area contributed by atoms with Gasteiger partial charge in [0, 0.05) is 11.1 Å². The van der Waals surface area contributed by atoms with Crippen molar-refractivity contribution in [2.75, 3.05) is 5.43 Å². The molecule has 0 bridgehead atoms. The number of nitrogens with one attached hydrogen (secondary N) is 1. The monoisotopic (exact) mass is 298 g/mol. The van der Waals surface area contributed by atoms with Gasteiger partial charge >= 0.3 is 0 Å². The molecule has 0 atom stereocenters. The van der Waals surface area contributed by atoms with E-state index in [1.807, 2.05) is 0 Å². The van der Waals surface area contributed by atoms with Crippen molar-refractivity contribution >= 4 is 17.7 Å². The van der Waals surface area contributed by atoms with E-state index < -0.39 is 0 Å².